The van der Waals surface area contributed by atoms with Crippen LogP contribution in [0, 0.1) is 0 Å². The maximum atomic E-state index is 6.74. The molecular formula is C35H22N2OS. The van der Waals surface area contributed by atoms with E-state index in [0.717, 1.165) is 28.9 Å². The third-order valence-electron chi connectivity index (χ3n) is 8.20. The Labute approximate surface area is 228 Å². The van der Waals surface area contributed by atoms with Gasteiger partial charge in [-0.2, -0.15) is 4.98 Å². The van der Waals surface area contributed by atoms with Crippen LogP contribution < -0.4 is 0 Å². The normalized spacial score (nSPS) is 14.8. The predicted octanol–water partition coefficient (Wildman–Crippen LogP) is 9.49. The van der Waals surface area contributed by atoms with Crippen LogP contribution in [-0.4, -0.2) is 9.55 Å². The van der Waals surface area contributed by atoms with Crippen LogP contribution in [0.4, 0.5) is 0 Å². The standard InChI is InChI=1S/C35H22N2OS/c1-2-10-22-19-23(18-17-21(22)9-1)27-20-30-33(32-26-13-5-8-16-31(26)39-34(27)32)36-35(38-30)37-28-14-6-3-11-24(28)25-12-4-7-15-29(25)37/h1-19,27H,20H2. The molecule has 1 unspecified atom stereocenters. The van der Waals surface area contributed by atoms with Gasteiger partial charge in [0.2, 0.25) is 0 Å². The fraction of sp³-hybridized carbons (Fsp3) is 0.0571. The minimum atomic E-state index is 0.216. The molecule has 0 saturated heterocycles. The minimum absolute atomic E-state index is 0.216. The van der Waals surface area contributed by atoms with Gasteiger partial charge >= 0.3 is 6.01 Å². The zero-order chi connectivity index (χ0) is 25.5. The van der Waals surface area contributed by atoms with Crippen molar-refractivity contribution >= 4 is 54.0 Å². The first kappa shape index (κ1) is 21.3. The summed E-state index contributed by atoms with van der Waals surface area (Å²) < 4.78 is 10.2. The van der Waals surface area contributed by atoms with Crippen molar-refractivity contribution in [1.82, 2.24) is 9.55 Å². The van der Waals surface area contributed by atoms with Crippen LogP contribution >= 0.6 is 11.3 Å². The van der Waals surface area contributed by atoms with E-state index < -0.39 is 0 Å². The largest absolute Gasteiger partial charge is 0.427 e. The Balaban J connectivity index is 1.30. The van der Waals surface area contributed by atoms with Crippen molar-refractivity contribution < 1.29 is 4.42 Å². The van der Waals surface area contributed by atoms with Crippen molar-refractivity contribution in [3.05, 3.63) is 131 Å². The van der Waals surface area contributed by atoms with Gasteiger partial charge < -0.3 is 4.42 Å². The van der Waals surface area contributed by atoms with Gasteiger partial charge in [0.25, 0.3) is 0 Å². The fourth-order valence-electron chi connectivity index (χ4n) is 6.42. The van der Waals surface area contributed by atoms with Gasteiger partial charge in [0.1, 0.15) is 11.5 Å². The van der Waals surface area contributed by atoms with E-state index in [0.29, 0.717) is 6.01 Å². The molecule has 3 heterocycles. The first-order valence-electron chi connectivity index (χ1n) is 13.3. The molecule has 5 aromatic carbocycles. The summed E-state index contributed by atoms with van der Waals surface area (Å²) in [6, 6.07) is 41.9. The summed E-state index contributed by atoms with van der Waals surface area (Å²) >= 11 is 1.90. The van der Waals surface area contributed by atoms with E-state index in [1.165, 1.54) is 47.6 Å². The molecule has 1 atom stereocenters. The highest BCUT2D eigenvalue weighted by Gasteiger charge is 2.34. The van der Waals surface area contributed by atoms with Crippen molar-refractivity contribution in [2.24, 2.45) is 0 Å². The summed E-state index contributed by atoms with van der Waals surface area (Å²) in [5.74, 6) is 1.18. The molecule has 8 aromatic rings. The van der Waals surface area contributed by atoms with E-state index in [9.17, 15) is 0 Å². The highest BCUT2D eigenvalue weighted by Crippen LogP contribution is 2.51. The number of aromatic nitrogens is 2. The van der Waals surface area contributed by atoms with Crippen LogP contribution in [0.15, 0.2) is 120 Å². The Morgan fingerprint density at radius 3 is 2.15 bits per heavy atom. The fourth-order valence-corrected chi connectivity index (χ4v) is 7.76. The molecule has 0 radical (unpaired) electrons. The summed E-state index contributed by atoms with van der Waals surface area (Å²) in [5, 5.41) is 6.21. The SMILES string of the molecule is c1ccc2cc(C3Cc4oc(-n5c6ccccc6c6ccccc65)nc4-c4c3sc3ccccc43)ccc2c1. The maximum Gasteiger partial charge on any atom is 0.307 e. The monoisotopic (exact) mass is 518 g/mol. The van der Waals surface area contributed by atoms with Gasteiger partial charge in [-0.1, -0.05) is 97.1 Å². The van der Waals surface area contributed by atoms with Gasteiger partial charge in [-0.05, 0) is 34.5 Å². The second-order valence-corrected chi connectivity index (χ2v) is 11.4. The van der Waals surface area contributed by atoms with Crippen LogP contribution in [0.1, 0.15) is 22.1 Å². The molecular weight excluding hydrogens is 496 g/mol. The van der Waals surface area contributed by atoms with E-state index in [1.54, 1.807) is 0 Å². The van der Waals surface area contributed by atoms with Crippen LogP contribution in [0.5, 0.6) is 0 Å². The maximum absolute atomic E-state index is 6.74. The number of nitrogens with zero attached hydrogens (tertiary/aromatic N) is 2. The van der Waals surface area contributed by atoms with E-state index in [-0.39, 0.29) is 5.92 Å². The summed E-state index contributed by atoms with van der Waals surface area (Å²) in [6.45, 7) is 0. The van der Waals surface area contributed by atoms with Crippen LogP contribution in [0.25, 0.3) is 59.9 Å². The van der Waals surface area contributed by atoms with Crippen molar-refractivity contribution in [2.45, 2.75) is 12.3 Å². The Morgan fingerprint density at radius 1 is 0.692 bits per heavy atom. The lowest BCUT2D eigenvalue weighted by Gasteiger charge is -2.22. The summed E-state index contributed by atoms with van der Waals surface area (Å²) in [4.78, 5) is 6.61. The average molecular weight is 519 g/mol. The molecule has 0 N–H and O–H groups in total. The van der Waals surface area contributed by atoms with Crippen LogP contribution in [0.2, 0.25) is 0 Å². The molecule has 4 heteroatoms. The molecule has 0 amide bonds. The van der Waals surface area contributed by atoms with Gasteiger partial charge in [-0.15, -0.1) is 11.3 Å². The summed E-state index contributed by atoms with van der Waals surface area (Å²) in [5.41, 5.74) is 5.75. The second-order valence-electron chi connectivity index (χ2n) is 10.3. The first-order valence-corrected chi connectivity index (χ1v) is 14.1. The van der Waals surface area contributed by atoms with E-state index in [1.807, 2.05) is 11.3 Å². The molecule has 9 rings (SSSR count). The first-order chi connectivity index (χ1) is 19.3. The Hall–Kier alpha value is -4.67. The van der Waals surface area contributed by atoms with Gasteiger partial charge in [-0.3, -0.25) is 4.57 Å². The molecule has 1 aliphatic rings. The zero-order valence-electron chi connectivity index (χ0n) is 21.0. The van der Waals surface area contributed by atoms with Crippen LogP contribution in [0.3, 0.4) is 0 Å². The molecule has 3 nitrogen and oxygen atoms in total. The number of fused-ring (bicyclic) bond motifs is 9. The van der Waals surface area contributed by atoms with Crippen molar-refractivity contribution in [3.63, 3.8) is 0 Å². The highest BCUT2D eigenvalue weighted by molar-refractivity contribution is 7.19. The number of rotatable bonds is 2. The minimum Gasteiger partial charge on any atom is -0.427 e. The lowest BCUT2D eigenvalue weighted by Crippen LogP contribution is -2.09. The predicted molar refractivity (Wildman–Crippen MR) is 161 cm³/mol. The second kappa shape index (κ2) is 7.92. The third-order valence-corrected chi connectivity index (χ3v) is 9.48. The third kappa shape index (κ3) is 3.01. The topological polar surface area (TPSA) is 31.0 Å². The number of thiophene rings is 1. The lowest BCUT2D eigenvalue weighted by molar-refractivity contribution is 0.479. The highest BCUT2D eigenvalue weighted by atomic mass is 32.1. The van der Waals surface area contributed by atoms with Crippen molar-refractivity contribution in [1.29, 1.82) is 0 Å². The molecule has 0 fully saturated rings. The van der Waals surface area contributed by atoms with Gasteiger partial charge in [-0.25, -0.2) is 0 Å². The molecule has 0 spiro atoms. The average Bonchev–Trinajstić information content (AvgIpc) is 3.67. The smallest absolute Gasteiger partial charge is 0.307 e. The number of hydrogen-bond donors (Lipinski definition) is 0. The van der Waals surface area contributed by atoms with Gasteiger partial charge in [0.15, 0.2) is 0 Å². The molecule has 0 saturated carbocycles. The molecule has 3 aromatic heterocycles. The lowest BCUT2D eigenvalue weighted by atomic mass is 9.83. The number of para-hydroxylation sites is 2. The van der Waals surface area contributed by atoms with E-state index >= 15 is 0 Å². The Bertz CT molecular complexity index is 2180. The van der Waals surface area contributed by atoms with E-state index in [4.69, 9.17) is 9.40 Å². The van der Waals surface area contributed by atoms with Gasteiger partial charge in [0.05, 0.1) is 11.0 Å². The van der Waals surface area contributed by atoms with Gasteiger partial charge in [0, 0.05) is 43.6 Å². The Kier molecular flexibility index (Phi) is 4.32. The molecule has 0 aliphatic heterocycles. The Morgan fingerprint density at radius 2 is 1.36 bits per heavy atom. The number of benzene rings is 5. The molecule has 184 valence electrons. The quantitative estimate of drug-likeness (QED) is 0.228. The van der Waals surface area contributed by atoms with E-state index in [2.05, 4.69) is 120 Å². The molecule has 1 aliphatic carbocycles. The van der Waals surface area contributed by atoms with Crippen molar-refractivity contribution in [2.75, 3.05) is 0 Å². The summed E-state index contributed by atoms with van der Waals surface area (Å²) in [6.07, 6.45) is 0.789. The summed E-state index contributed by atoms with van der Waals surface area (Å²) in [7, 11) is 0. The molecule has 39 heavy (non-hydrogen) atoms. The number of hydrogen-bond acceptors (Lipinski definition) is 3. The number of oxazole rings is 1. The van der Waals surface area contributed by atoms with Crippen molar-refractivity contribution in [3.8, 4) is 17.3 Å². The van der Waals surface area contributed by atoms with Crippen LogP contribution in [-0.2, 0) is 6.42 Å². The molecule has 0 bridgehead atoms. The zero-order valence-corrected chi connectivity index (χ0v) is 21.8.